The number of carbonyl (C=O) groups is 1. The molecule has 0 bridgehead atoms. The van der Waals surface area contributed by atoms with Crippen molar-refractivity contribution in [1.82, 2.24) is 15.1 Å². The van der Waals surface area contributed by atoms with Gasteiger partial charge in [0.15, 0.2) is 5.11 Å². The molecule has 8 heteroatoms. The Kier molecular flexibility index (Phi) is 5.39. The van der Waals surface area contributed by atoms with E-state index in [0.29, 0.717) is 23.1 Å². The van der Waals surface area contributed by atoms with E-state index in [1.54, 1.807) is 16.0 Å². The molecule has 1 aliphatic rings. The van der Waals surface area contributed by atoms with Gasteiger partial charge in [0.25, 0.3) is 0 Å². The maximum absolute atomic E-state index is 12.3. The van der Waals surface area contributed by atoms with E-state index in [9.17, 15) is 4.79 Å². The average molecular weight is 379 g/mol. The number of esters is 1. The van der Waals surface area contributed by atoms with Crippen molar-refractivity contribution in [3.63, 3.8) is 0 Å². The Morgan fingerprint density at radius 2 is 2.36 bits per heavy atom. The Morgan fingerprint density at radius 3 is 3.04 bits per heavy atom. The first-order valence-corrected chi connectivity index (χ1v) is 9.46. The lowest BCUT2D eigenvalue weighted by molar-refractivity contribution is 0.0601. The number of aryl methyl sites for hydroxylation is 1. The molecule has 0 aliphatic heterocycles. The van der Waals surface area contributed by atoms with E-state index < -0.39 is 0 Å². The molecule has 0 spiro atoms. The molecule has 2 N–H and O–H groups in total. The van der Waals surface area contributed by atoms with Gasteiger partial charge in [0, 0.05) is 18.1 Å². The van der Waals surface area contributed by atoms with Crippen LogP contribution in [0, 0.1) is 5.92 Å². The van der Waals surface area contributed by atoms with Crippen molar-refractivity contribution >= 4 is 39.6 Å². The molecule has 0 amide bonds. The largest absolute Gasteiger partial charge is 0.465 e. The number of hydrogen-bond acceptors (Lipinski definition) is 5. The number of thiocarbonyl (C=S) groups is 1. The molecule has 3 rings (SSSR count). The van der Waals surface area contributed by atoms with E-state index in [0.717, 1.165) is 35.5 Å². The van der Waals surface area contributed by atoms with Gasteiger partial charge in [-0.25, -0.2) is 4.79 Å². The van der Waals surface area contributed by atoms with Crippen molar-refractivity contribution in [2.45, 2.75) is 32.7 Å². The van der Waals surface area contributed by atoms with Gasteiger partial charge in [-0.1, -0.05) is 6.92 Å². The second kappa shape index (κ2) is 7.53. The maximum Gasteiger partial charge on any atom is 0.341 e. The summed E-state index contributed by atoms with van der Waals surface area (Å²) in [6.07, 6.45) is 4.89. The van der Waals surface area contributed by atoms with Crippen molar-refractivity contribution in [3.8, 4) is 0 Å². The van der Waals surface area contributed by atoms with Gasteiger partial charge in [0.1, 0.15) is 5.00 Å². The van der Waals surface area contributed by atoms with Gasteiger partial charge in [-0.15, -0.1) is 11.3 Å². The summed E-state index contributed by atoms with van der Waals surface area (Å²) in [6.45, 7) is 2.77. The minimum atomic E-state index is -0.304. The zero-order valence-corrected chi connectivity index (χ0v) is 16.2. The predicted octanol–water partition coefficient (Wildman–Crippen LogP) is 2.88. The SMILES string of the molecule is COC(=O)c1c(NC(=S)NCc2ccn(C)n2)sc2c1CCC(C)C2. The molecule has 134 valence electrons. The topological polar surface area (TPSA) is 68.2 Å². The van der Waals surface area contributed by atoms with Gasteiger partial charge in [0.05, 0.1) is 24.9 Å². The van der Waals surface area contributed by atoms with Crippen molar-refractivity contribution in [1.29, 1.82) is 0 Å². The first kappa shape index (κ1) is 17.9. The standard InChI is InChI=1S/C17H22N4O2S2/c1-10-4-5-12-13(8-10)25-15(14(12)16(22)23-3)19-17(24)18-9-11-6-7-21(2)20-11/h6-7,10H,4-5,8-9H2,1-3H3,(H2,18,19,24). The minimum Gasteiger partial charge on any atom is -0.465 e. The highest BCUT2D eigenvalue weighted by Gasteiger charge is 2.28. The highest BCUT2D eigenvalue weighted by molar-refractivity contribution is 7.80. The van der Waals surface area contributed by atoms with Gasteiger partial charge in [-0.2, -0.15) is 5.10 Å². The number of anilines is 1. The number of nitrogens with zero attached hydrogens (tertiary/aromatic N) is 2. The van der Waals surface area contributed by atoms with Crippen molar-refractivity contribution in [2.75, 3.05) is 12.4 Å². The number of thiophene rings is 1. The maximum atomic E-state index is 12.3. The van der Waals surface area contributed by atoms with E-state index in [1.165, 1.54) is 12.0 Å². The molecule has 0 fully saturated rings. The monoisotopic (exact) mass is 378 g/mol. The van der Waals surface area contributed by atoms with Crippen LogP contribution in [-0.2, 0) is 31.2 Å². The quantitative estimate of drug-likeness (QED) is 0.630. The normalized spacial score (nSPS) is 16.2. The molecule has 1 unspecified atom stereocenters. The fourth-order valence-electron chi connectivity index (χ4n) is 3.03. The van der Waals surface area contributed by atoms with Gasteiger partial charge in [-0.05, 0) is 49.0 Å². The van der Waals surface area contributed by atoms with Crippen LogP contribution in [0.2, 0.25) is 0 Å². The summed E-state index contributed by atoms with van der Waals surface area (Å²) < 4.78 is 6.74. The molecular weight excluding hydrogens is 356 g/mol. The number of methoxy groups -OCH3 is 1. The Labute approximate surface area is 156 Å². The molecular formula is C17H22N4O2S2. The zero-order chi connectivity index (χ0) is 18.0. The zero-order valence-electron chi connectivity index (χ0n) is 14.6. The molecule has 1 aliphatic carbocycles. The number of fused-ring (bicyclic) bond motifs is 1. The van der Waals surface area contributed by atoms with Crippen LogP contribution in [0.4, 0.5) is 5.00 Å². The lowest BCUT2D eigenvalue weighted by Crippen LogP contribution is -2.28. The second-order valence-electron chi connectivity index (χ2n) is 6.34. The summed E-state index contributed by atoms with van der Waals surface area (Å²) in [5.41, 5.74) is 2.65. The van der Waals surface area contributed by atoms with E-state index in [4.69, 9.17) is 17.0 Å². The molecule has 2 aromatic heterocycles. The molecule has 0 aromatic carbocycles. The van der Waals surface area contributed by atoms with Gasteiger partial charge >= 0.3 is 5.97 Å². The predicted molar refractivity (Wildman–Crippen MR) is 103 cm³/mol. The third kappa shape index (κ3) is 4.01. The average Bonchev–Trinajstić information content (AvgIpc) is 3.14. The van der Waals surface area contributed by atoms with Crippen LogP contribution in [0.15, 0.2) is 12.3 Å². The van der Waals surface area contributed by atoms with Crippen LogP contribution < -0.4 is 10.6 Å². The fraction of sp³-hybridized carbons (Fsp3) is 0.471. The third-order valence-corrected chi connectivity index (χ3v) is 5.74. The van der Waals surface area contributed by atoms with Crippen LogP contribution in [0.1, 0.15) is 39.8 Å². The molecule has 0 radical (unpaired) electrons. The van der Waals surface area contributed by atoms with E-state index in [2.05, 4.69) is 22.7 Å². The lowest BCUT2D eigenvalue weighted by atomic mass is 9.88. The summed E-state index contributed by atoms with van der Waals surface area (Å²) in [6, 6.07) is 1.93. The van der Waals surface area contributed by atoms with Crippen molar-refractivity contribution < 1.29 is 9.53 Å². The molecule has 6 nitrogen and oxygen atoms in total. The minimum absolute atomic E-state index is 0.304. The molecule has 0 saturated heterocycles. The number of ether oxygens (including phenoxy) is 1. The molecule has 2 heterocycles. The second-order valence-corrected chi connectivity index (χ2v) is 7.85. The number of carbonyl (C=O) groups excluding carboxylic acids is 1. The summed E-state index contributed by atoms with van der Waals surface area (Å²) in [7, 11) is 3.29. The van der Waals surface area contributed by atoms with Crippen molar-refractivity contribution in [3.05, 3.63) is 34.0 Å². The Bertz CT molecular complexity index is 797. The van der Waals surface area contributed by atoms with Crippen LogP contribution in [0.25, 0.3) is 0 Å². The third-order valence-electron chi connectivity index (χ3n) is 4.33. The number of aromatic nitrogens is 2. The first-order chi connectivity index (χ1) is 12.0. The molecule has 2 aromatic rings. The van der Waals surface area contributed by atoms with Gasteiger partial charge in [-0.3, -0.25) is 4.68 Å². The summed E-state index contributed by atoms with van der Waals surface area (Å²) in [5.74, 6) is 0.334. The first-order valence-electron chi connectivity index (χ1n) is 8.24. The van der Waals surface area contributed by atoms with Crippen LogP contribution >= 0.6 is 23.6 Å². The van der Waals surface area contributed by atoms with E-state index in [1.807, 2.05) is 19.3 Å². The summed E-state index contributed by atoms with van der Waals surface area (Å²) >= 11 is 6.99. The Balaban J connectivity index is 1.74. The number of nitrogens with one attached hydrogen (secondary N) is 2. The summed E-state index contributed by atoms with van der Waals surface area (Å²) in [4.78, 5) is 13.5. The number of hydrogen-bond donors (Lipinski definition) is 2. The highest BCUT2D eigenvalue weighted by Crippen LogP contribution is 2.39. The molecule has 0 saturated carbocycles. The summed E-state index contributed by atoms with van der Waals surface area (Å²) in [5, 5.41) is 11.9. The molecule has 1 atom stereocenters. The van der Waals surface area contributed by atoms with Gasteiger partial charge < -0.3 is 15.4 Å². The Morgan fingerprint density at radius 1 is 1.56 bits per heavy atom. The van der Waals surface area contributed by atoms with Crippen molar-refractivity contribution in [2.24, 2.45) is 13.0 Å². The van der Waals surface area contributed by atoms with Crippen LogP contribution in [0.3, 0.4) is 0 Å². The smallest absolute Gasteiger partial charge is 0.341 e. The number of rotatable bonds is 4. The van der Waals surface area contributed by atoms with Crippen LogP contribution in [-0.4, -0.2) is 28.0 Å². The molecule has 25 heavy (non-hydrogen) atoms. The fourth-order valence-corrected chi connectivity index (χ4v) is 4.67. The van der Waals surface area contributed by atoms with Crippen LogP contribution in [0.5, 0.6) is 0 Å². The van der Waals surface area contributed by atoms with E-state index in [-0.39, 0.29) is 5.97 Å². The lowest BCUT2D eigenvalue weighted by Gasteiger charge is -2.18. The highest BCUT2D eigenvalue weighted by atomic mass is 32.1. The van der Waals surface area contributed by atoms with Gasteiger partial charge in [0.2, 0.25) is 0 Å². The Hall–Kier alpha value is -1.93. The van der Waals surface area contributed by atoms with E-state index >= 15 is 0 Å².